The summed E-state index contributed by atoms with van der Waals surface area (Å²) in [6.45, 7) is 15.1. The fourth-order valence-corrected chi connectivity index (χ4v) is 9.53. The highest BCUT2D eigenvalue weighted by atomic mass is 16.6. The van der Waals surface area contributed by atoms with Crippen LogP contribution in [0.1, 0.15) is 92.4 Å². The molecule has 6 nitrogen and oxygen atoms in total. The first-order valence-corrected chi connectivity index (χ1v) is 15.2. The van der Waals surface area contributed by atoms with Gasteiger partial charge in [-0.1, -0.05) is 20.8 Å². The first kappa shape index (κ1) is 26.9. The first-order chi connectivity index (χ1) is 16.9. The van der Waals surface area contributed by atoms with Gasteiger partial charge in [-0.15, -0.1) is 0 Å². The van der Waals surface area contributed by atoms with Gasteiger partial charge in [0.25, 0.3) is 0 Å². The van der Waals surface area contributed by atoms with E-state index in [-0.39, 0.29) is 40.1 Å². The zero-order valence-electron chi connectivity index (χ0n) is 24.3. The maximum Gasteiger partial charge on any atom is 0.323 e. The lowest BCUT2D eigenvalue weighted by Gasteiger charge is -2.57. The second-order valence-electron chi connectivity index (χ2n) is 14.9. The molecule has 36 heavy (non-hydrogen) atoms. The predicted octanol–water partition coefficient (Wildman–Crippen LogP) is 1.93. The standard InChI is InChI=1S/C30H53N3O3/c1-20-11-12-23-29(5)25(31-15-9-8-10-16-33(6)7)21-17-30(20,23)24(18-28(21,4)36-29)35-26(34)22-13-14-27(2,3)19-32-22/h20-25,31-32H,8-19H2,1-7H3/p+2/t20?,21?,22-,23?,24?,25?,28?,29?,30?/m0/s1. The number of fused-ring (bicyclic) bond motifs is 2. The molecule has 3 saturated carbocycles. The number of carbonyl (C=O) groups excluding carboxylic acids is 1. The molecule has 2 heterocycles. The molecule has 2 aliphatic heterocycles. The summed E-state index contributed by atoms with van der Waals surface area (Å²) in [6.07, 6.45) is 10.4. The Morgan fingerprint density at radius 2 is 1.86 bits per heavy atom. The van der Waals surface area contributed by atoms with Gasteiger partial charge < -0.3 is 25.0 Å². The molecule has 2 saturated heterocycles. The number of esters is 1. The number of hydrogen-bond donors (Lipinski definition) is 3. The summed E-state index contributed by atoms with van der Waals surface area (Å²) in [4.78, 5) is 15.0. The van der Waals surface area contributed by atoms with Gasteiger partial charge in [0.2, 0.25) is 0 Å². The Labute approximate surface area is 220 Å². The van der Waals surface area contributed by atoms with E-state index in [2.05, 4.69) is 59.3 Å². The lowest BCUT2D eigenvalue weighted by molar-refractivity contribution is -0.858. The van der Waals surface area contributed by atoms with Crippen molar-refractivity contribution in [1.82, 2.24) is 5.32 Å². The molecule has 0 aromatic carbocycles. The third-order valence-electron chi connectivity index (χ3n) is 11.5. The van der Waals surface area contributed by atoms with Crippen molar-refractivity contribution in [3.05, 3.63) is 0 Å². The fraction of sp³-hybridized carbons (Fsp3) is 0.967. The number of ether oxygens (including phenoxy) is 2. The predicted molar refractivity (Wildman–Crippen MR) is 142 cm³/mol. The van der Waals surface area contributed by atoms with Crippen LogP contribution in [0.4, 0.5) is 0 Å². The smallest absolute Gasteiger partial charge is 0.323 e. The average Bonchev–Trinajstić information content (AvgIpc) is 3.18. The van der Waals surface area contributed by atoms with Crippen molar-refractivity contribution in [3.63, 3.8) is 0 Å². The Balaban J connectivity index is 1.29. The van der Waals surface area contributed by atoms with Crippen LogP contribution in [0.25, 0.3) is 0 Å². The summed E-state index contributed by atoms with van der Waals surface area (Å²) < 4.78 is 13.7. The molecular formula is C30H55N3O3+2. The molecule has 0 aromatic rings. The molecule has 8 unspecified atom stereocenters. The quantitative estimate of drug-likeness (QED) is 0.331. The van der Waals surface area contributed by atoms with Crippen LogP contribution < -0.4 is 15.5 Å². The van der Waals surface area contributed by atoms with E-state index in [1.165, 1.54) is 51.6 Å². The minimum Gasteiger partial charge on any atom is -0.460 e. The highest BCUT2D eigenvalue weighted by molar-refractivity contribution is 5.76. The SMILES string of the molecule is CC1CCC2C3(C)OC4(C)CC(OC(=O)[C@@H]5CCC(C)(C)CN5)C12CC4C3[NH2+]CCCCC[NH+](C)C. The highest BCUT2D eigenvalue weighted by Crippen LogP contribution is 2.72. The summed E-state index contributed by atoms with van der Waals surface area (Å²) >= 11 is 0. The molecular weight excluding hydrogens is 450 g/mol. The largest absolute Gasteiger partial charge is 0.460 e. The molecule has 3 aliphatic carbocycles. The second-order valence-corrected chi connectivity index (χ2v) is 14.9. The first-order valence-electron chi connectivity index (χ1n) is 15.2. The Morgan fingerprint density at radius 1 is 1.08 bits per heavy atom. The minimum atomic E-state index is -0.188. The van der Waals surface area contributed by atoms with Crippen LogP contribution in [0.5, 0.6) is 0 Å². The van der Waals surface area contributed by atoms with Gasteiger partial charge in [-0.3, -0.25) is 4.79 Å². The molecule has 9 atom stereocenters. The lowest BCUT2D eigenvalue weighted by Crippen LogP contribution is -3.05. The van der Waals surface area contributed by atoms with Gasteiger partial charge in [0, 0.05) is 30.2 Å². The van der Waals surface area contributed by atoms with E-state index in [9.17, 15) is 4.79 Å². The molecule has 3 bridgehead atoms. The van der Waals surface area contributed by atoms with E-state index in [0.29, 0.717) is 23.8 Å². The Kier molecular flexibility index (Phi) is 7.10. The Bertz CT molecular complexity index is 822. The molecule has 206 valence electrons. The zero-order chi connectivity index (χ0) is 25.9. The topological polar surface area (TPSA) is 68.6 Å². The number of carbonyl (C=O) groups is 1. The summed E-state index contributed by atoms with van der Waals surface area (Å²) in [6, 6.07) is 0.379. The van der Waals surface area contributed by atoms with Gasteiger partial charge in [0.05, 0.1) is 32.8 Å². The summed E-state index contributed by atoms with van der Waals surface area (Å²) in [5.41, 5.74) is 0.0345. The van der Waals surface area contributed by atoms with Crippen LogP contribution in [-0.2, 0) is 14.3 Å². The van der Waals surface area contributed by atoms with Crippen LogP contribution >= 0.6 is 0 Å². The van der Waals surface area contributed by atoms with Crippen LogP contribution in [0.2, 0.25) is 0 Å². The van der Waals surface area contributed by atoms with Crippen LogP contribution in [-0.4, -0.2) is 69.1 Å². The van der Waals surface area contributed by atoms with Crippen LogP contribution in [0, 0.1) is 28.6 Å². The number of piperidine rings is 1. The van der Waals surface area contributed by atoms with Gasteiger partial charge in [0.15, 0.2) is 0 Å². The molecule has 1 spiro atoms. The molecule has 6 heteroatoms. The van der Waals surface area contributed by atoms with Gasteiger partial charge in [-0.05, 0) is 76.5 Å². The summed E-state index contributed by atoms with van der Waals surface area (Å²) in [5, 5.41) is 6.16. The molecule has 0 radical (unpaired) electrons. The zero-order valence-corrected chi connectivity index (χ0v) is 24.3. The third-order valence-corrected chi connectivity index (χ3v) is 11.5. The number of unbranched alkanes of at least 4 members (excludes halogenated alkanes) is 2. The van der Waals surface area contributed by atoms with Crippen molar-refractivity contribution in [1.29, 1.82) is 0 Å². The highest BCUT2D eigenvalue weighted by Gasteiger charge is 2.79. The Morgan fingerprint density at radius 3 is 2.56 bits per heavy atom. The third kappa shape index (κ3) is 4.36. The number of hydrogen-bond acceptors (Lipinski definition) is 4. The van der Waals surface area contributed by atoms with E-state index in [0.717, 1.165) is 25.8 Å². The molecule has 5 fully saturated rings. The van der Waals surface area contributed by atoms with Crippen molar-refractivity contribution in [3.8, 4) is 0 Å². The van der Waals surface area contributed by atoms with Crippen molar-refractivity contribution >= 4 is 5.97 Å². The average molecular weight is 506 g/mol. The van der Waals surface area contributed by atoms with E-state index < -0.39 is 0 Å². The lowest BCUT2D eigenvalue weighted by atomic mass is 9.48. The van der Waals surface area contributed by atoms with Gasteiger partial charge in [-0.25, -0.2) is 0 Å². The number of nitrogens with two attached hydrogens (primary N) is 1. The molecule has 4 N–H and O–H groups in total. The van der Waals surface area contributed by atoms with Crippen LogP contribution in [0.3, 0.4) is 0 Å². The van der Waals surface area contributed by atoms with Crippen LogP contribution in [0.15, 0.2) is 0 Å². The normalized spacial score (nSPS) is 46.8. The molecule has 5 aliphatic rings. The number of quaternary nitrogens is 2. The number of nitrogens with one attached hydrogen (secondary N) is 2. The summed E-state index contributed by atoms with van der Waals surface area (Å²) in [5.74, 6) is 1.60. The molecule has 0 amide bonds. The molecule has 0 aromatic heterocycles. The van der Waals surface area contributed by atoms with Crippen molar-refractivity contribution in [2.75, 3.05) is 33.7 Å². The number of rotatable bonds is 9. The minimum absolute atomic E-state index is 0.0122. The van der Waals surface area contributed by atoms with E-state index >= 15 is 0 Å². The maximum absolute atomic E-state index is 13.4. The van der Waals surface area contributed by atoms with Crippen molar-refractivity contribution in [2.45, 2.75) is 122 Å². The monoisotopic (exact) mass is 505 g/mol. The van der Waals surface area contributed by atoms with E-state index in [4.69, 9.17) is 9.47 Å². The maximum atomic E-state index is 13.4. The van der Waals surface area contributed by atoms with E-state index in [1.54, 1.807) is 4.90 Å². The fourth-order valence-electron chi connectivity index (χ4n) is 9.53. The van der Waals surface area contributed by atoms with Crippen molar-refractivity contribution in [2.24, 2.45) is 28.6 Å². The second kappa shape index (κ2) is 9.50. The molecule has 5 rings (SSSR count). The summed E-state index contributed by atoms with van der Waals surface area (Å²) in [7, 11) is 4.49. The van der Waals surface area contributed by atoms with Gasteiger partial charge in [-0.2, -0.15) is 0 Å². The van der Waals surface area contributed by atoms with Crippen molar-refractivity contribution < 1.29 is 24.5 Å². The van der Waals surface area contributed by atoms with E-state index in [1.807, 2.05) is 0 Å². The van der Waals surface area contributed by atoms with Gasteiger partial charge >= 0.3 is 5.97 Å². The Hall–Kier alpha value is -0.690. The van der Waals surface area contributed by atoms with Gasteiger partial charge in [0.1, 0.15) is 23.8 Å².